The molecule has 2 N–H and O–H groups in total. The summed E-state index contributed by atoms with van der Waals surface area (Å²) in [4.78, 5) is 3.40. The van der Waals surface area contributed by atoms with Crippen LogP contribution < -0.4 is 5.32 Å². The first-order valence-corrected chi connectivity index (χ1v) is 7.93. The number of aromatic nitrogens is 1. The molecule has 0 spiro atoms. The summed E-state index contributed by atoms with van der Waals surface area (Å²) in [7, 11) is -3.32. The molecule has 0 amide bonds. The van der Waals surface area contributed by atoms with Crippen LogP contribution in [0.1, 0.15) is 32.4 Å². The zero-order valence-electron chi connectivity index (χ0n) is 10.9. The van der Waals surface area contributed by atoms with Gasteiger partial charge in [-0.15, -0.1) is 0 Å². The molecular formula is C12H21N3O2S. The van der Waals surface area contributed by atoms with Gasteiger partial charge in [-0.25, -0.2) is 8.42 Å². The Morgan fingerprint density at radius 1 is 1.44 bits per heavy atom. The van der Waals surface area contributed by atoms with E-state index in [2.05, 4.69) is 10.3 Å². The number of hydrogen-bond acceptors (Lipinski definition) is 3. The summed E-state index contributed by atoms with van der Waals surface area (Å²) in [6, 6.07) is 1.94. The van der Waals surface area contributed by atoms with Gasteiger partial charge in [0, 0.05) is 31.0 Å². The smallest absolute Gasteiger partial charge is 0.244 e. The van der Waals surface area contributed by atoms with Crippen molar-refractivity contribution in [2.75, 3.05) is 13.1 Å². The van der Waals surface area contributed by atoms with E-state index in [0.29, 0.717) is 18.0 Å². The second-order valence-corrected chi connectivity index (χ2v) is 6.47. The average Bonchev–Trinajstić information content (AvgIpc) is 3.04. The first-order chi connectivity index (χ1) is 8.59. The van der Waals surface area contributed by atoms with Crippen LogP contribution in [-0.2, 0) is 16.6 Å². The van der Waals surface area contributed by atoms with Crippen molar-refractivity contribution in [2.45, 2.75) is 44.2 Å². The predicted octanol–water partition coefficient (Wildman–Crippen LogP) is 1.30. The first-order valence-electron chi connectivity index (χ1n) is 6.49. The van der Waals surface area contributed by atoms with E-state index in [1.165, 1.54) is 0 Å². The van der Waals surface area contributed by atoms with Crippen molar-refractivity contribution in [3.63, 3.8) is 0 Å². The third kappa shape index (κ3) is 2.76. The SMILES string of the molecule is CCNCc1cc(S(=O)(=O)N(CC)C2CC2)c[nH]1. The van der Waals surface area contributed by atoms with Gasteiger partial charge in [-0.05, 0) is 25.5 Å². The third-order valence-electron chi connectivity index (χ3n) is 3.15. The molecule has 18 heavy (non-hydrogen) atoms. The number of nitrogens with zero attached hydrogens (tertiary/aromatic N) is 1. The minimum Gasteiger partial charge on any atom is -0.363 e. The summed E-state index contributed by atoms with van der Waals surface area (Å²) < 4.78 is 26.4. The molecule has 0 aromatic carbocycles. The van der Waals surface area contributed by atoms with Crippen molar-refractivity contribution in [2.24, 2.45) is 0 Å². The second kappa shape index (κ2) is 5.42. The molecule has 0 atom stereocenters. The molecule has 1 aromatic rings. The Bertz CT molecular complexity index is 491. The van der Waals surface area contributed by atoms with Crippen LogP contribution >= 0.6 is 0 Å². The fourth-order valence-electron chi connectivity index (χ4n) is 2.05. The predicted molar refractivity (Wildman–Crippen MR) is 70.8 cm³/mol. The number of rotatable bonds is 7. The molecule has 102 valence electrons. The van der Waals surface area contributed by atoms with Gasteiger partial charge >= 0.3 is 0 Å². The van der Waals surface area contributed by atoms with Crippen LogP contribution in [0.25, 0.3) is 0 Å². The monoisotopic (exact) mass is 271 g/mol. The van der Waals surface area contributed by atoms with E-state index in [0.717, 1.165) is 25.1 Å². The summed E-state index contributed by atoms with van der Waals surface area (Å²) in [6.07, 6.45) is 3.57. The Morgan fingerprint density at radius 3 is 2.72 bits per heavy atom. The normalized spacial score (nSPS) is 16.4. The molecular weight excluding hydrogens is 250 g/mol. The third-order valence-corrected chi connectivity index (χ3v) is 5.16. The van der Waals surface area contributed by atoms with Gasteiger partial charge in [0.25, 0.3) is 0 Å². The largest absolute Gasteiger partial charge is 0.363 e. The summed E-state index contributed by atoms with van der Waals surface area (Å²) in [6.45, 7) is 5.99. The first kappa shape index (κ1) is 13.6. The second-order valence-electron chi connectivity index (χ2n) is 4.58. The van der Waals surface area contributed by atoms with E-state index in [4.69, 9.17) is 0 Å². The lowest BCUT2D eigenvalue weighted by Gasteiger charge is -2.18. The highest BCUT2D eigenvalue weighted by Gasteiger charge is 2.37. The fourth-order valence-corrected chi connectivity index (χ4v) is 3.76. The number of hydrogen-bond donors (Lipinski definition) is 2. The molecule has 1 saturated carbocycles. The molecule has 1 fully saturated rings. The van der Waals surface area contributed by atoms with Crippen LogP contribution in [0.2, 0.25) is 0 Å². The van der Waals surface area contributed by atoms with Crippen LogP contribution in [0, 0.1) is 0 Å². The van der Waals surface area contributed by atoms with Gasteiger partial charge in [-0.1, -0.05) is 13.8 Å². The van der Waals surface area contributed by atoms with E-state index in [-0.39, 0.29) is 6.04 Å². The maximum Gasteiger partial charge on any atom is 0.244 e. The lowest BCUT2D eigenvalue weighted by molar-refractivity contribution is 0.421. The molecule has 0 aliphatic heterocycles. The summed E-state index contributed by atoms with van der Waals surface area (Å²) in [5.74, 6) is 0. The van der Waals surface area contributed by atoms with Crippen molar-refractivity contribution < 1.29 is 8.42 Å². The van der Waals surface area contributed by atoms with Crippen LogP contribution in [0.15, 0.2) is 17.2 Å². The highest BCUT2D eigenvalue weighted by molar-refractivity contribution is 7.89. The van der Waals surface area contributed by atoms with Crippen LogP contribution in [-0.4, -0.2) is 36.8 Å². The molecule has 1 aliphatic rings. The molecule has 0 unspecified atom stereocenters. The number of sulfonamides is 1. The molecule has 0 bridgehead atoms. The molecule has 6 heteroatoms. The topological polar surface area (TPSA) is 65.2 Å². The highest BCUT2D eigenvalue weighted by atomic mass is 32.2. The number of nitrogens with one attached hydrogen (secondary N) is 2. The Kier molecular flexibility index (Phi) is 4.09. The van der Waals surface area contributed by atoms with Crippen molar-refractivity contribution in [3.8, 4) is 0 Å². The molecule has 1 aliphatic carbocycles. The van der Waals surface area contributed by atoms with Crippen LogP contribution in [0.3, 0.4) is 0 Å². The van der Waals surface area contributed by atoms with Crippen molar-refractivity contribution in [1.82, 2.24) is 14.6 Å². The van der Waals surface area contributed by atoms with E-state index in [9.17, 15) is 8.42 Å². The summed E-state index contributed by atoms with van der Waals surface area (Å²) in [5.41, 5.74) is 0.905. The van der Waals surface area contributed by atoms with Crippen LogP contribution in [0.4, 0.5) is 0 Å². The Balaban J connectivity index is 2.15. The minimum atomic E-state index is -3.32. The molecule has 5 nitrogen and oxygen atoms in total. The number of aromatic amines is 1. The fraction of sp³-hybridized carbons (Fsp3) is 0.667. The standard InChI is InChI=1S/C12H21N3O2S/c1-3-13-8-10-7-12(9-14-10)18(16,17)15(4-2)11-5-6-11/h7,9,11,13-14H,3-6,8H2,1-2H3. The van der Waals surface area contributed by atoms with Crippen molar-refractivity contribution in [3.05, 3.63) is 18.0 Å². The van der Waals surface area contributed by atoms with Gasteiger partial charge in [-0.3, -0.25) is 0 Å². The maximum atomic E-state index is 12.4. The van der Waals surface area contributed by atoms with E-state index in [1.54, 1.807) is 16.6 Å². The average molecular weight is 271 g/mol. The van der Waals surface area contributed by atoms with Crippen molar-refractivity contribution >= 4 is 10.0 Å². The zero-order chi connectivity index (χ0) is 13.2. The van der Waals surface area contributed by atoms with Crippen LogP contribution in [0.5, 0.6) is 0 Å². The molecule has 1 aromatic heterocycles. The van der Waals surface area contributed by atoms with E-state index < -0.39 is 10.0 Å². The molecule has 2 rings (SSSR count). The summed E-state index contributed by atoms with van der Waals surface area (Å²) in [5, 5.41) is 3.17. The van der Waals surface area contributed by atoms with Crippen molar-refractivity contribution in [1.29, 1.82) is 0 Å². The molecule has 0 radical (unpaired) electrons. The highest BCUT2D eigenvalue weighted by Crippen LogP contribution is 2.31. The Labute approximate surface area is 109 Å². The quantitative estimate of drug-likeness (QED) is 0.785. The molecule has 0 saturated heterocycles. The van der Waals surface area contributed by atoms with E-state index in [1.807, 2.05) is 13.8 Å². The van der Waals surface area contributed by atoms with E-state index >= 15 is 0 Å². The summed E-state index contributed by atoms with van der Waals surface area (Å²) >= 11 is 0. The Hall–Kier alpha value is -0.850. The lowest BCUT2D eigenvalue weighted by Crippen LogP contribution is -2.32. The van der Waals surface area contributed by atoms with Gasteiger partial charge in [0.2, 0.25) is 10.0 Å². The van der Waals surface area contributed by atoms with Gasteiger partial charge in [0.15, 0.2) is 0 Å². The Morgan fingerprint density at radius 2 is 2.17 bits per heavy atom. The van der Waals surface area contributed by atoms with Gasteiger partial charge in [-0.2, -0.15) is 4.31 Å². The maximum absolute atomic E-state index is 12.4. The van der Waals surface area contributed by atoms with Gasteiger partial charge in [0.1, 0.15) is 0 Å². The van der Waals surface area contributed by atoms with Gasteiger partial charge < -0.3 is 10.3 Å². The molecule has 1 heterocycles. The number of H-pyrrole nitrogens is 1. The lowest BCUT2D eigenvalue weighted by atomic mass is 10.4. The van der Waals surface area contributed by atoms with Gasteiger partial charge in [0.05, 0.1) is 4.90 Å². The minimum absolute atomic E-state index is 0.215. The zero-order valence-corrected chi connectivity index (χ0v) is 11.8.